The molecule has 1 heterocycles. The van der Waals surface area contributed by atoms with Crippen molar-refractivity contribution in [3.8, 4) is 0 Å². The Kier molecular flexibility index (Phi) is 9.66. The van der Waals surface area contributed by atoms with Gasteiger partial charge in [0, 0.05) is 23.0 Å². The molecule has 0 spiro atoms. The van der Waals surface area contributed by atoms with Crippen molar-refractivity contribution in [3.63, 3.8) is 0 Å². The number of rotatable bonds is 6. The van der Waals surface area contributed by atoms with Crippen LogP contribution in [0.2, 0.25) is 5.02 Å². The van der Waals surface area contributed by atoms with E-state index in [0.29, 0.717) is 24.5 Å². The summed E-state index contributed by atoms with van der Waals surface area (Å²) in [6.45, 7) is 8.08. The fourth-order valence-electron chi connectivity index (χ4n) is 2.25. The number of aromatic nitrogens is 1. The lowest BCUT2D eigenvalue weighted by molar-refractivity contribution is 0.627. The van der Waals surface area contributed by atoms with Crippen LogP contribution in [0.1, 0.15) is 28.1 Å². The molecule has 1 aromatic heterocycles. The minimum absolute atomic E-state index is 0. The van der Waals surface area contributed by atoms with Gasteiger partial charge in [0.15, 0.2) is 5.96 Å². The predicted molar refractivity (Wildman–Crippen MR) is 115 cm³/mol. The van der Waals surface area contributed by atoms with Crippen molar-refractivity contribution in [3.05, 3.63) is 50.2 Å². The zero-order chi connectivity index (χ0) is 17.5. The number of thiazole rings is 1. The van der Waals surface area contributed by atoms with Crippen molar-refractivity contribution < 1.29 is 4.39 Å². The Balaban J connectivity index is 0.00000312. The van der Waals surface area contributed by atoms with E-state index < -0.39 is 0 Å². The number of nitrogens with one attached hydrogen (secondary N) is 2. The molecular formula is C17H23ClFIN4S. The number of guanidine groups is 1. The van der Waals surface area contributed by atoms with E-state index in [9.17, 15) is 4.39 Å². The van der Waals surface area contributed by atoms with E-state index in [1.807, 2.05) is 20.8 Å². The van der Waals surface area contributed by atoms with Crippen LogP contribution in [0.25, 0.3) is 0 Å². The molecule has 0 radical (unpaired) electrons. The highest BCUT2D eigenvalue weighted by Gasteiger charge is 2.06. The van der Waals surface area contributed by atoms with Gasteiger partial charge in [0.2, 0.25) is 0 Å². The van der Waals surface area contributed by atoms with Gasteiger partial charge in [-0.15, -0.1) is 35.3 Å². The average molecular weight is 497 g/mol. The number of aryl methyl sites for hydroxylation is 2. The third-order valence-corrected chi connectivity index (χ3v) is 4.84. The minimum Gasteiger partial charge on any atom is -0.357 e. The SMILES string of the molecule is CCNC(=NCc1sc(C)nc1C)NCCc1ccc(F)cc1Cl.I. The van der Waals surface area contributed by atoms with Gasteiger partial charge in [-0.3, -0.25) is 0 Å². The number of hydrogen-bond donors (Lipinski definition) is 2. The Morgan fingerprint density at radius 3 is 2.68 bits per heavy atom. The summed E-state index contributed by atoms with van der Waals surface area (Å²) in [7, 11) is 0. The summed E-state index contributed by atoms with van der Waals surface area (Å²) in [4.78, 5) is 10.2. The molecular weight excluding hydrogens is 474 g/mol. The van der Waals surface area contributed by atoms with Crippen LogP contribution in [0.15, 0.2) is 23.2 Å². The summed E-state index contributed by atoms with van der Waals surface area (Å²) in [6, 6.07) is 4.48. The predicted octanol–water partition coefficient (Wildman–Crippen LogP) is 4.47. The third-order valence-electron chi connectivity index (χ3n) is 3.43. The molecule has 0 aliphatic heterocycles. The van der Waals surface area contributed by atoms with Crippen LogP contribution in [-0.2, 0) is 13.0 Å². The van der Waals surface area contributed by atoms with Gasteiger partial charge in [0.25, 0.3) is 0 Å². The summed E-state index contributed by atoms with van der Waals surface area (Å²) < 4.78 is 13.1. The van der Waals surface area contributed by atoms with Gasteiger partial charge in [0.1, 0.15) is 5.82 Å². The van der Waals surface area contributed by atoms with Crippen molar-refractivity contribution in [2.45, 2.75) is 33.7 Å². The maximum atomic E-state index is 13.1. The largest absolute Gasteiger partial charge is 0.357 e. The van der Waals surface area contributed by atoms with Crippen molar-refractivity contribution >= 4 is 52.9 Å². The standard InChI is InChI=1S/C17H22ClFN4S.HI/c1-4-20-17(22-10-16-11(2)23-12(3)24-16)21-8-7-13-5-6-14(19)9-15(13)18;/h5-6,9H,4,7-8,10H2,1-3H3,(H2,20,21,22);1H. The van der Waals surface area contributed by atoms with Crippen LogP contribution in [0.5, 0.6) is 0 Å². The molecule has 25 heavy (non-hydrogen) atoms. The first-order chi connectivity index (χ1) is 11.5. The topological polar surface area (TPSA) is 49.3 Å². The quantitative estimate of drug-likeness (QED) is 0.352. The van der Waals surface area contributed by atoms with Crippen molar-refractivity contribution in [1.29, 1.82) is 0 Å². The van der Waals surface area contributed by atoms with E-state index in [4.69, 9.17) is 11.6 Å². The van der Waals surface area contributed by atoms with Gasteiger partial charge < -0.3 is 10.6 Å². The minimum atomic E-state index is -0.318. The van der Waals surface area contributed by atoms with Gasteiger partial charge in [-0.1, -0.05) is 17.7 Å². The number of hydrogen-bond acceptors (Lipinski definition) is 3. The van der Waals surface area contributed by atoms with Gasteiger partial charge >= 0.3 is 0 Å². The maximum Gasteiger partial charge on any atom is 0.191 e. The second-order valence-corrected chi connectivity index (χ2v) is 7.04. The number of nitrogens with zero attached hydrogens (tertiary/aromatic N) is 2. The Bertz CT molecular complexity index is 721. The van der Waals surface area contributed by atoms with Crippen LogP contribution in [-0.4, -0.2) is 24.0 Å². The lowest BCUT2D eigenvalue weighted by Crippen LogP contribution is -2.38. The second kappa shape index (κ2) is 10.9. The molecule has 138 valence electrons. The molecule has 0 saturated carbocycles. The van der Waals surface area contributed by atoms with Crippen LogP contribution in [0.3, 0.4) is 0 Å². The summed E-state index contributed by atoms with van der Waals surface area (Å²) >= 11 is 7.72. The molecule has 2 N–H and O–H groups in total. The molecule has 0 aliphatic carbocycles. The normalized spacial score (nSPS) is 11.2. The van der Waals surface area contributed by atoms with Crippen LogP contribution < -0.4 is 10.6 Å². The first-order valence-corrected chi connectivity index (χ1v) is 9.08. The molecule has 0 bridgehead atoms. The molecule has 2 aromatic rings. The van der Waals surface area contributed by atoms with Crippen LogP contribution in [0.4, 0.5) is 4.39 Å². The van der Waals surface area contributed by atoms with Crippen molar-refractivity contribution in [1.82, 2.24) is 15.6 Å². The Morgan fingerprint density at radius 1 is 1.32 bits per heavy atom. The van der Waals surface area contributed by atoms with E-state index in [1.54, 1.807) is 17.4 Å². The van der Waals surface area contributed by atoms with Crippen molar-refractivity contribution in [2.75, 3.05) is 13.1 Å². The van der Waals surface area contributed by atoms with Gasteiger partial charge in [0.05, 0.1) is 17.2 Å². The number of aliphatic imine (C=N–C) groups is 1. The molecule has 0 atom stereocenters. The highest BCUT2D eigenvalue weighted by atomic mass is 127. The third kappa shape index (κ3) is 7.07. The van der Waals surface area contributed by atoms with E-state index in [2.05, 4.69) is 20.6 Å². The number of halogens is 3. The zero-order valence-electron chi connectivity index (χ0n) is 14.5. The molecule has 2 rings (SSSR count). The lowest BCUT2D eigenvalue weighted by Gasteiger charge is -2.11. The number of benzene rings is 1. The highest BCUT2D eigenvalue weighted by molar-refractivity contribution is 14.0. The second-order valence-electron chi connectivity index (χ2n) is 5.35. The summed E-state index contributed by atoms with van der Waals surface area (Å²) in [6.07, 6.45) is 0.697. The molecule has 8 heteroatoms. The van der Waals surface area contributed by atoms with Gasteiger partial charge in [-0.25, -0.2) is 14.4 Å². The smallest absolute Gasteiger partial charge is 0.191 e. The monoisotopic (exact) mass is 496 g/mol. The van der Waals surface area contributed by atoms with Crippen LogP contribution in [0, 0.1) is 19.7 Å². The molecule has 4 nitrogen and oxygen atoms in total. The van der Waals surface area contributed by atoms with Crippen LogP contribution >= 0.6 is 46.9 Å². The first kappa shape index (κ1) is 22.1. The summed E-state index contributed by atoms with van der Waals surface area (Å²) in [5.41, 5.74) is 1.95. The van der Waals surface area contributed by atoms with E-state index in [0.717, 1.165) is 28.8 Å². The lowest BCUT2D eigenvalue weighted by atomic mass is 10.1. The van der Waals surface area contributed by atoms with Gasteiger partial charge in [-0.2, -0.15) is 0 Å². The molecule has 0 fully saturated rings. The Labute approximate surface area is 174 Å². The first-order valence-electron chi connectivity index (χ1n) is 7.88. The summed E-state index contributed by atoms with van der Waals surface area (Å²) in [5, 5.41) is 8.01. The van der Waals surface area contributed by atoms with E-state index in [-0.39, 0.29) is 29.8 Å². The molecule has 0 aliphatic rings. The Morgan fingerprint density at radius 2 is 2.08 bits per heavy atom. The average Bonchev–Trinajstić information content (AvgIpc) is 2.84. The summed E-state index contributed by atoms with van der Waals surface area (Å²) in [5.74, 6) is 0.433. The fourth-order valence-corrected chi connectivity index (χ4v) is 3.38. The highest BCUT2D eigenvalue weighted by Crippen LogP contribution is 2.18. The Hall–Kier alpha value is -0.930. The molecule has 0 saturated heterocycles. The molecule has 0 amide bonds. The molecule has 0 unspecified atom stereocenters. The fraction of sp³-hybridized carbons (Fsp3) is 0.412. The zero-order valence-corrected chi connectivity index (χ0v) is 18.4. The van der Waals surface area contributed by atoms with Crippen molar-refractivity contribution in [2.24, 2.45) is 4.99 Å². The van der Waals surface area contributed by atoms with E-state index in [1.165, 1.54) is 17.0 Å². The van der Waals surface area contributed by atoms with E-state index >= 15 is 0 Å². The molecule has 1 aromatic carbocycles. The van der Waals surface area contributed by atoms with Gasteiger partial charge in [-0.05, 0) is 44.9 Å². The maximum absolute atomic E-state index is 13.1.